The largest absolute Gasteiger partial charge is 0.496 e. The Morgan fingerprint density at radius 1 is 0.406 bits per heavy atom. The third-order valence-corrected chi connectivity index (χ3v) is 26.7. The topological polar surface area (TPSA) is 249 Å². The highest BCUT2D eigenvalue weighted by molar-refractivity contribution is 5.90. The second kappa shape index (κ2) is 38.6. The highest BCUT2D eigenvalue weighted by Crippen LogP contribution is 2.41. The molecule has 5 aliphatic heterocycles. The average molecular weight is 1730 g/mol. The number of methoxy groups -OCH3 is 2. The first-order valence-corrected chi connectivity index (χ1v) is 44.9. The van der Waals surface area contributed by atoms with Crippen molar-refractivity contribution in [3.8, 4) is 11.6 Å². The third-order valence-electron chi connectivity index (χ3n) is 26.7. The van der Waals surface area contributed by atoms with Crippen molar-refractivity contribution in [3.05, 3.63) is 319 Å². The number of aryl methyl sites for hydroxylation is 5. The number of pyridine rings is 4. The van der Waals surface area contributed by atoms with E-state index < -0.39 is 30.0 Å². The van der Waals surface area contributed by atoms with Gasteiger partial charge in [-0.15, -0.1) is 0 Å². The van der Waals surface area contributed by atoms with Gasteiger partial charge < -0.3 is 82.5 Å². The second-order valence-electron chi connectivity index (χ2n) is 36.7. The van der Waals surface area contributed by atoms with E-state index in [0.29, 0.717) is 63.0 Å². The fraction of sp³-hybridized carbons (Fsp3) is 0.371. The molecule has 0 amide bonds. The van der Waals surface area contributed by atoms with Crippen LogP contribution in [-0.2, 0) is 110 Å². The van der Waals surface area contributed by atoms with Crippen molar-refractivity contribution in [1.82, 2.24) is 62.4 Å². The summed E-state index contributed by atoms with van der Waals surface area (Å²) in [4.78, 5) is 25.9. The molecule has 0 spiro atoms. The SMILES string of the molecule is COc1ccc(C(C)(O)Cn2c3c(c4cc(C)ccc42)CN(C)CC3)cn1.COc1ccc(C(O)Cn2c3c(c4cc(C)ccc42)CN(C)CC3)cc1CO.Cc1ccc2c(c1)c1c(n2CC(O)c2cccnc2)CCN(C)C1.Cc1ccc2c(c1)c1c(n2CC(O)c2ccncc2)CC[N+](C)(O)C1.Cc1ccc2c3c(n(CC(O)c4ccncc4)c2c1)CCN(C)C3. The summed E-state index contributed by atoms with van der Waals surface area (Å²) >= 11 is 0. The van der Waals surface area contributed by atoms with Gasteiger partial charge in [-0.2, -0.15) is 4.65 Å². The van der Waals surface area contributed by atoms with Crippen LogP contribution in [0.5, 0.6) is 11.6 Å². The van der Waals surface area contributed by atoms with Crippen LogP contribution in [0.25, 0.3) is 54.5 Å². The van der Waals surface area contributed by atoms with E-state index in [-0.39, 0.29) is 11.3 Å². The molecule has 7 N–H and O–H groups in total. The monoisotopic (exact) mass is 1730 g/mol. The van der Waals surface area contributed by atoms with Gasteiger partial charge >= 0.3 is 0 Å². The van der Waals surface area contributed by atoms with Crippen molar-refractivity contribution in [2.24, 2.45) is 0 Å². The normalized spacial score (nSPS) is 17.2. The Bertz CT molecular complexity index is 6430. The average Bonchev–Trinajstić information content (AvgIpc) is 1.66. The van der Waals surface area contributed by atoms with Gasteiger partial charge in [0.15, 0.2) is 0 Å². The van der Waals surface area contributed by atoms with Crippen LogP contribution in [0.1, 0.15) is 149 Å². The molecule has 6 atom stereocenters. The number of hydroxylamine groups is 3. The van der Waals surface area contributed by atoms with Crippen LogP contribution < -0.4 is 9.47 Å². The molecular weight excluding hydrogens is 1600 g/mol. The van der Waals surface area contributed by atoms with Gasteiger partial charge in [0, 0.05) is 239 Å². The van der Waals surface area contributed by atoms with E-state index in [1.54, 1.807) is 63.7 Å². The van der Waals surface area contributed by atoms with E-state index >= 15 is 0 Å². The molecule has 0 fully saturated rings. The van der Waals surface area contributed by atoms with Gasteiger partial charge in [-0.1, -0.05) is 70.8 Å². The van der Waals surface area contributed by atoms with E-state index in [2.05, 4.69) is 216 Å². The summed E-state index contributed by atoms with van der Waals surface area (Å²) < 4.78 is 21.9. The van der Waals surface area contributed by atoms with Crippen molar-refractivity contribution in [2.45, 2.75) is 176 Å². The van der Waals surface area contributed by atoms with Crippen molar-refractivity contribution in [2.75, 3.05) is 82.2 Å². The van der Waals surface area contributed by atoms with E-state index in [4.69, 9.17) is 9.47 Å². The zero-order valence-corrected chi connectivity index (χ0v) is 76.4. The number of nitrogens with zero attached hydrogens (tertiary/aromatic N) is 14. The minimum absolute atomic E-state index is 0.0208. The molecule has 6 aromatic carbocycles. The lowest BCUT2D eigenvalue weighted by Crippen LogP contribution is -2.44. The summed E-state index contributed by atoms with van der Waals surface area (Å²) in [5.41, 5.74) is 29.6. The zero-order valence-electron chi connectivity index (χ0n) is 76.4. The molecule has 14 heterocycles. The number of hydrogen-bond donors (Lipinski definition) is 7. The predicted molar refractivity (Wildman–Crippen MR) is 506 cm³/mol. The smallest absolute Gasteiger partial charge is 0.212 e. The number of benzene rings is 6. The summed E-state index contributed by atoms with van der Waals surface area (Å²) in [5.74, 6) is 1.19. The van der Waals surface area contributed by atoms with Gasteiger partial charge in [0.2, 0.25) is 5.88 Å². The summed E-state index contributed by atoms with van der Waals surface area (Å²) in [5, 5.41) is 80.9. The Balaban J connectivity index is 0.000000118. The highest BCUT2D eigenvalue weighted by Gasteiger charge is 2.35. The Morgan fingerprint density at radius 2 is 0.812 bits per heavy atom. The van der Waals surface area contributed by atoms with Crippen LogP contribution in [0.2, 0.25) is 0 Å². The Hall–Kier alpha value is -11.3. The first-order valence-electron chi connectivity index (χ1n) is 44.9. The van der Waals surface area contributed by atoms with E-state index in [0.717, 1.165) is 118 Å². The molecule has 0 aliphatic carbocycles. The van der Waals surface area contributed by atoms with Gasteiger partial charge in [-0.05, 0) is 217 Å². The Kier molecular flexibility index (Phi) is 27.2. The molecule has 23 heteroatoms. The molecular formula is C105H125N14O9+. The molecule has 0 saturated carbocycles. The summed E-state index contributed by atoms with van der Waals surface area (Å²) in [6.45, 7) is 24.3. The van der Waals surface area contributed by atoms with E-state index in [1.165, 1.54) is 133 Å². The van der Waals surface area contributed by atoms with E-state index in [1.807, 2.05) is 74.6 Å². The molecule has 20 rings (SSSR count). The van der Waals surface area contributed by atoms with Crippen LogP contribution >= 0.6 is 0 Å². The number of quaternary nitrogens is 1. The fourth-order valence-corrected chi connectivity index (χ4v) is 19.8. The van der Waals surface area contributed by atoms with Crippen molar-refractivity contribution < 1.29 is 50.0 Å². The van der Waals surface area contributed by atoms with Crippen molar-refractivity contribution in [3.63, 3.8) is 0 Å². The third kappa shape index (κ3) is 19.4. The predicted octanol–water partition coefficient (Wildman–Crippen LogP) is 15.5. The standard InChI is InChI=1S/C23H28N2O3.C22H27N3O2.C20H24N3O2.2C20H23N3O/c1-15-4-6-20-18(10-15)19-12-24(2)9-8-21(19)25(20)13-22(27)16-5-7-23(28-3)17(11-16)14-26;1-15-5-7-19-17(11-15)18-13-24(3)10-9-20(18)25(19)14-22(2,26)16-6-8-21(27-4)23-12-16;1-14-3-4-18-16(11-14)17-13-23(2,25)10-7-19(17)22(18)12-20(24)15-5-8-21-9-6-15;1-14-3-4-16-17-12-22(2)10-7-18(17)23(19(16)11-14)13-20(24)15-5-8-21-9-6-15;1-14-5-6-18-16(10-14)17-12-22(2)9-7-19(17)23(18)13-20(24)15-4-3-8-21-11-15/h4-7,10-11,22,26-27H,8-9,12-14H2,1-3H3;5-8,11-12,26H,9-10,13-14H2,1-4H3;3-6,8-9,11,20,24-25H,7,10,12-13H2,1-2H3;3-6,8-9,11,20,24H,7,10,12-13H2,1-2H3;3-6,8,10-11,20,24H,7,9,12-13H2,1-2H3/q;;+1;;. The second-order valence-corrected chi connectivity index (χ2v) is 36.7. The van der Waals surface area contributed by atoms with Crippen molar-refractivity contribution in [1.29, 1.82) is 0 Å². The van der Waals surface area contributed by atoms with Crippen LogP contribution in [0.3, 0.4) is 0 Å². The molecule has 0 bridgehead atoms. The van der Waals surface area contributed by atoms with Gasteiger partial charge in [0.05, 0.1) is 85.0 Å². The minimum Gasteiger partial charge on any atom is -0.496 e. The van der Waals surface area contributed by atoms with Crippen LogP contribution in [0.15, 0.2) is 201 Å². The molecule has 128 heavy (non-hydrogen) atoms. The minimum atomic E-state index is -1.02. The molecule has 9 aromatic heterocycles. The lowest BCUT2D eigenvalue weighted by Gasteiger charge is -2.30. The lowest BCUT2D eigenvalue weighted by molar-refractivity contribution is -1.10. The number of hydrogen-bond acceptors (Lipinski definition) is 17. The number of aromatic nitrogens is 9. The first-order chi connectivity index (χ1) is 61.6. The summed E-state index contributed by atoms with van der Waals surface area (Å²) in [6.07, 6.45) is 14.6. The maximum Gasteiger partial charge on any atom is 0.212 e. The fourth-order valence-electron chi connectivity index (χ4n) is 19.8. The summed E-state index contributed by atoms with van der Waals surface area (Å²) in [6, 6.07) is 53.4. The van der Waals surface area contributed by atoms with Crippen LogP contribution in [0, 0.1) is 34.6 Å². The number of aliphatic hydroxyl groups excluding tert-OH is 5. The van der Waals surface area contributed by atoms with Gasteiger partial charge in [0.25, 0.3) is 0 Å². The van der Waals surface area contributed by atoms with Gasteiger partial charge in [-0.25, -0.2) is 10.2 Å². The molecule has 6 unspecified atom stereocenters. The van der Waals surface area contributed by atoms with Crippen LogP contribution in [0.4, 0.5) is 0 Å². The molecule has 23 nitrogen and oxygen atoms in total. The molecule has 15 aromatic rings. The van der Waals surface area contributed by atoms with Gasteiger partial charge in [0.1, 0.15) is 24.4 Å². The number of likely N-dealkylation sites (N-methyl/N-ethyl adjacent to an activating group) is 5. The Morgan fingerprint density at radius 3 is 1.24 bits per heavy atom. The van der Waals surface area contributed by atoms with Gasteiger partial charge in [-0.3, -0.25) is 15.0 Å². The molecule has 0 radical (unpaired) electrons. The Labute approximate surface area is 750 Å². The van der Waals surface area contributed by atoms with E-state index in [9.17, 15) is 35.8 Å². The zero-order chi connectivity index (χ0) is 90.0. The molecule has 668 valence electrons. The van der Waals surface area contributed by atoms with Crippen LogP contribution in [-0.4, -0.2) is 185 Å². The summed E-state index contributed by atoms with van der Waals surface area (Å²) in [7, 11) is 13.7. The maximum atomic E-state index is 11.3. The molecule has 5 aliphatic rings. The maximum absolute atomic E-state index is 11.3. The highest BCUT2D eigenvalue weighted by atomic mass is 16.5. The lowest BCUT2D eigenvalue weighted by atomic mass is 9.97. The quantitative estimate of drug-likeness (QED) is 0.0395. The molecule has 0 saturated heterocycles. The number of rotatable bonds is 18. The van der Waals surface area contributed by atoms with Crippen molar-refractivity contribution >= 4 is 54.5 Å². The number of aliphatic hydroxyl groups is 6. The number of ether oxygens (including phenoxy) is 2. The first kappa shape index (κ1) is 90.1. The number of fused-ring (bicyclic) bond motifs is 15.